The summed E-state index contributed by atoms with van der Waals surface area (Å²) in [5.41, 5.74) is 2.01. The van der Waals surface area contributed by atoms with Gasteiger partial charge in [-0.05, 0) is 56.1 Å². The van der Waals surface area contributed by atoms with Crippen molar-refractivity contribution in [3.8, 4) is 5.69 Å². The molecule has 0 spiro atoms. The van der Waals surface area contributed by atoms with Gasteiger partial charge in [-0.2, -0.15) is 5.10 Å². The Kier molecular flexibility index (Phi) is 2.76. The molecule has 3 rings (SSSR count). The van der Waals surface area contributed by atoms with E-state index in [1.807, 2.05) is 47.1 Å². The molecule has 0 saturated carbocycles. The number of rotatable bonds is 1. The Morgan fingerprint density at radius 1 is 0.882 bits per heavy atom. The molecule has 0 N–H and O–H groups in total. The third-order valence-electron chi connectivity index (χ3n) is 2.60. The van der Waals surface area contributed by atoms with E-state index >= 15 is 0 Å². The Bertz CT molecular complexity index is 674. The second-order valence-electron chi connectivity index (χ2n) is 3.67. The molecule has 0 radical (unpaired) electrons. The van der Waals surface area contributed by atoms with Crippen molar-refractivity contribution >= 4 is 42.8 Å². The summed E-state index contributed by atoms with van der Waals surface area (Å²) in [5, 5.41) is 5.71. The highest BCUT2D eigenvalue weighted by atomic mass is 79.9. The van der Waals surface area contributed by atoms with Crippen LogP contribution in [0.3, 0.4) is 0 Å². The minimum Gasteiger partial charge on any atom is -0.225 e. The van der Waals surface area contributed by atoms with Crippen LogP contribution in [0.4, 0.5) is 0 Å². The maximum Gasteiger partial charge on any atom is 0.117 e. The van der Waals surface area contributed by atoms with Crippen LogP contribution in [0.15, 0.2) is 57.6 Å². The summed E-state index contributed by atoms with van der Waals surface area (Å²) in [7, 11) is 0. The lowest BCUT2D eigenvalue weighted by molar-refractivity contribution is 0.875. The first kappa shape index (κ1) is 11.0. The van der Waals surface area contributed by atoms with E-state index in [1.54, 1.807) is 0 Å². The maximum absolute atomic E-state index is 4.60. The SMILES string of the molecule is Brc1cccc2c(Br)n(-c3ccccc3)nc12. The number of halogens is 2. The summed E-state index contributed by atoms with van der Waals surface area (Å²) in [6.07, 6.45) is 0. The fourth-order valence-electron chi connectivity index (χ4n) is 1.78. The number of benzene rings is 2. The summed E-state index contributed by atoms with van der Waals surface area (Å²) in [6, 6.07) is 16.1. The zero-order valence-corrected chi connectivity index (χ0v) is 11.9. The molecule has 4 heteroatoms. The molecule has 17 heavy (non-hydrogen) atoms. The van der Waals surface area contributed by atoms with Crippen molar-refractivity contribution in [3.05, 3.63) is 57.6 Å². The van der Waals surface area contributed by atoms with Crippen LogP contribution in [-0.4, -0.2) is 9.78 Å². The van der Waals surface area contributed by atoms with Gasteiger partial charge in [-0.25, -0.2) is 4.68 Å². The highest BCUT2D eigenvalue weighted by Crippen LogP contribution is 2.30. The quantitative estimate of drug-likeness (QED) is 0.628. The topological polar surface area (TPSA) is 17.8 Å². The maximum atomic E-state index is 4.60. The molecule has 0 saturated heterocycles. The largest absolute Gasteiger partial charge is 0.225 e. The molecule has 0 unspecified atom stereocenters. The van der Waals surface area contributed by atoms with Crippen molar-refractivity contribution in [1.29, 1.82) is 0 Å². The predicted octanol–water partition coefficient (Wildman–Crippen LogP) is 4.55. The Hall–Kier alpha value is -1.13. The van der Waals surface area contributed by atoms with Crippen LogP contribution in [0.2, 0.25) is 0 Å². The van der Waals surface area contributed by atoms with Gasteiger partial charge in [-0.1, -0.05) is 24.3 Å². The van der Waals surface area contributed by atoms with Crippen LogP contribution in [0, 0.1) is 0 Å². The number of para-hydroxylation sites is 1. The van der Waals surface area contributed by atoms with E-state index in [-0.39, 0.29) is 0 Å². The van der Waals surface area contributed by atoms with Crippen molar-refractivity contribution in [1.82, 2.24) is 9.78 Å². The summed E-state index contributed by atoms with van der Waals surface area (Å²) in [6.45, 7) is 0. The van der Waals surface area contributed by atoms with Crippen LogP contribution >= 0.6 is 31.9 Å². The van der Waals surface area contributed by atoms with E-state index in [4.69, 9.17) is 0 Å². The molecule has 1 aromatic heterocycles. The number of aromatic nitrogens is 2. The van der Waals surface area contributed by atoms with E-state index in [1.165, 1.54) is 0 Å². The molecule has 1 heterocycles. The van der Waals surface area contributed by atoms with E-state index in [0.29, 0.717) is 0 Å². The Morgan fingerprint density at radius 3 is 2.35 bits per heavy atom. The molecule has 0 aliphatic rings. The van der Waals surface area contributed by atoms with Gasteiger partial charge >= 0.3 is 0 Å². The van der Waals surface area contributed by atoms with Gasteiger partial charge < -0.3 is 0 Å². The molecule has 0 aliphatic carbocycles. The fourth-order valence-corrected chi connectivity index (χ4v) is 2.83. The molecule has 84 valence electrons. The standard InChI is InChI=1S/C13H8Br2N2/c14-11-8-4-7-10-12(11)16-17(13(10)15)9-5-2-1-3-6-9/h1-8H. The van der Waals surface area contributed by atoms with Gasteiger partial charge in [-0.15, -0.1) is 0 Å². The first-order chi connectivity index (χ1) is 8.27. The average molecular weight is 352 g/mol. The van der Waals surface area contributed by atoms with Gasteiger partial charge in [0.15, 0.2) is 0 Å². The molecule has 2 nitrogen and oxygen atoms in total. The summed E-state index contributed by atoms with van der Waals surface area (Å²) >= 11 is 7.12. The van der Waals surface area contributed by atoms with Crippen molar-refractivity contribution in [2.45, 2.75) is 0 Å². The molecule has 3 aromatic rings. The summed E-state index contributed by atoms with van der Waals surface area (Å²) < 4.78 is 3.88. The van der Waals surface area contributed by atoms with Crippen LogP contribution in [0.5, 0.6) is 0 Å². The van der Waals surface area contributed by atoms with Gasteiger partial charge in [0.2, 0.25) is 0 Å². The van der Waals surface area contributed by atoms with Gasteiger partial charge in [0.1, 0.15) is 10.1 Å². The van der Waals surface area contributed by atoms with Gasteiger partial charge in [0.05, 0.1) is 5.69 Å². The molecule has 0 bridgehead atoms. The summed E-state index contributed by atoms with van der Waals surface area (Å²) in [4.78, 5) is 0. The second kappa shape index (κ2) is 4.27. The Morgan fingerprint density at radius 2 is 1.65 bits per heavy atom. The van der Waals surface area contributed by atoms with E-state index in [0.717, 1.165) is 25.7 Å². The number of hydrogen-bond acceptors (Lipinski definition) is 1. The van der Waals surface area contributed by atoms with Gasteiger partial charge in [0, 0.05) is 9.86 Å². The van der Waals surface area contributed by atoms with E-state index in [2.05, 4.69) is 43.0 Å². The lowest BCUT2D eigenvalue weighted by Gasteiger charge is -2.01. The molecule has 0 atom stereocenters. The van der Waals surface area contributed by atoms with Crippen LogP contribution < -0.4 is 0 Å². The number of nitrogens with zero attached hydrogens (tertiary/aromatic N) is 2. The van der Waals surface area contributed by atoms with Crippen LogP contribution in [0.25, 0.3) is 16.6 Å². The Balaban J connectivity index is 2.32. The highest BCUT2D eigenvalue weighted by Gasteiger charge is 2.11. The molecule has 0 amide bonds. The van der Waals surface area contributed by atoms with Crippen molar-refractivity contribution in [2.75, 3.05) is 0 Å². The zero-order chi connectivity index (χ0) is 11.8. The number of hydrogen-bond donors (Lipinski definition) is 0. The smallest absolute Gasteiger partial charge is 0.117 e. The average Bonchev–Trinajstić information content (AvgIpc) is 2.70. The first-order valence-corrected chi connectivity index (χ1v) is 6.74. The van der Waals surface area contributed by atoms with E-state index < -0.39 is 0 Å². The van der Waals surface area contributed by atoms with Gasteiger partial charge in [-0.3, -0.25) is 0 Å². The third-order valence-corrected chi connectivity index (χ3v) is 4.00. The third kappa shape index (κ3) is 1.81. The van der Waals surface area contributed by atoms with E-state index in [9.17, 15) is 0 Å². The molecular formula is C13H8Br2N2. The molecule has 0 aliphatic heterocycles. The van der Waals surface area contributed by atoms with Crippen LogP contribution in [-0.2, 0) is 0 Å². The molecule has 2 aromatic carbocycles. The minimum absolute atomic E-state index is 0.961. The lowest BCUT2D eigenvalue weighted by Crippen LogP contribution is -1.95. The molecular weight excluding hydrogens is 344 g/mol. The van der Waals surface area contributed by atoms with Gasteiger partial charge in [0.25, 0.3) is 0 Å². The Labute approximate surface area is 116 Å². The van der Waals surface area contributed by atoms with Crippen molar-refractivity contribution in [3.63, 3.8) is 0 Å². The lowest BCUT2D eigenvalue weighted by atomic mass is 10.3. The normalized spacial score (nSPS) is 10.9. The highest BCUT2D eigenvalue weighted by molar-refractivity contribution is 9.11. The monoisotopic (exact) mass is 350 g/mol. The minimum atomic E-state index is 0.961. The number of fused-ring (bicyclic) bond motifs is 1. The fraction of sp³-hybridized carbons (Fsp3) is 0. The summed E-state index contributed by atoms with van der Waals surface area (Å²) in [5.74, 6) is 0. The van der Waals surface area contributed by atoms with Crippen LogP contribution in [0.1, 0.15) is 0 Å². The van der Waals surface area contributed by atoms with Crippen molar-refractivity contribution in [2.24, 2.45) is 0 Å². The van der Waals surface area contributed by atoms with Crippen molar-refractivity contribution < 1.29 is 0 Å². The predicted molar refractivity (Wildman–Crippen MR) is 76.5 cm³/mol. The first-order valence-electron chi connectivity index (χ1n) is 5.15. The molecule has 0 fully saturated rings. The second-order valence-corrected chi connectivity index (χ2v) is 5.28. The zero-order valence-electron chi connectivity index (χ0n) is 8.77.